The SMILES string of the molecule is C=C(C)C(=O)NCc1nc(C)n(-c2ccccc2)c1-c1ccccc1. The van der Waals surface area contributed by atoms with Crippen LogP contribution in [0.25, 0.3) is 16.9 Å². The minimum Gasteiger partial charge on any atom is -0.347 e. The number of carbonyl (C=O) groups excluding carboxylic acids is 1. The number of hydrogen-bond acceptors (Lipinski definition) is 2. The fourth-order valence-electron chi connectivity index (χ4n) is 2.81. The second-order valence-corrected chi connectivity index (χ2v) is 5.95. The Balaban J connectivity index is 2.10. The maximum Gasteiger partial charge on any atom is 0.246 e. The molecule has 0 spiro atoms. The first-order valence-electron chi connectivity index (χ1n) is 8.20. The van der Waals surface area contributed by atoms with E-state index in [0.29, 0.717) is 12.1 Å². The second kappa shape index (κ2) is 7.18. The van der Waals surface area contributed by atoms with Crippen LogP contribution in [0.1, 0.15) is 18.4 Å². The van der Waals surface area contributed by atoms with Crippen molar-refractivity contribution in [3.8, 4) is 16.9 Å². The van der Waals surface area contributed by atoms with Gasteiger partial charge >= 0.3 is 0 Å². The average Bonchev–Trinajstić information content (AvgIpc) is 2.97. The lowest BCUT2D eigenvalue weighted by molar-refractivity contribution is -0.117. The highest BCUT2D eigenvalue weighted by atomic mass is 16.1. The van der Waals surface area contributed by atoms with Crippen molar-refractivity contribution in [2.24, 2.45) is 0 Å². The Labute approximate surface area is 147 Å². The van der Waals surface area contributed by atoms with E-state index in [4.69, 9.17) is 4.98 Å². The Bertz CT molecular complexity index is 896. The summed E-state index contributed by atoms with van der Waals surface area (Å²) >= 11 is 0. The van der Waals surface area contributed by atoms with Crippen molar-refractivity contribution < 1.29 is 4.79 Å². The van der Waals surface area contributed by atoms with Crippen LogP contribution in [0.15, 0.2) is 72.8 Å². The number of carbonyl (C=O) groups is 1. The fourth-order valence-corrected chi connectivity index (χ4v) is 2.81. The number of benzene rings is 2. The zero-order valence-corrected chi connectivity index (χ0v) is 14.5. The summed E-state index contributed by atoms with van der Waals surface area (Å²) in [5, 5.41) is 2.89. The highest BCUT2D eigenvalue weighted by molar-refractivity contribution is 5.92. The molecular formula is C21H21N3O. The van der Waals surface area contributed by atoms with E-state index >= 15 is 0 Å². The number of nitrogens with zero attached hydrogens (tertiary/aromatic N) is 2. The highest BCUT2D eigenvalue weighted by Gasteiger charge is 2.18. The van der Waals surface area contributed by atoms with Crippen LogP contribution in [0.4, 0.5) is 0 Å². The summed E-state index contributed by atoms with van der Waals surface area (Å²) in [5.74, 6) is 0.718. The number of hydrogen-bond donors (Lipinski definition) is 1. The molecule has 0 atom stereocenters. The normalized spacial score (nSPS) is 10.5. The van der Waals surface area contributed by atoms with Gasteiger partial charge in [0.25, 0.3) is 0 Å². The molecule has 0 radical (unpaired) electrons. The van der Waals surface area contributed by atoms with Crippen LogP contribution in [0.5, 0.6) is 0 Å². The van der Waals surface area contributed by atoms with Crippen molar-refractivity contribution in [2.45, 2.75) is 20.4 Å². The third-order valence-electron chi connectivity index (χ3n) is 3.98. The molecule has 1 heterocycles. The Morgan fingerprint density at radius 2 is 1.68 bits per heavy atom. The first-order valence-corrected chi connectivity index (χ1v) is 8.20. The van der Waals surface area contributed by atoms with Gasteiger partial charge in [0, 0.05) is 16.8 Å². The molecule has 0 fully saturated rings. The van der Waals surface area contributed by atoms with E-state index < -0.39 is 0 Å². The summed E-state index contributed by atoms with van der Waals surface area (Å²) in [6.45, 7) is 7.71. The van der Waals surface area contributed by atoms with Crippen molar-refractivity contribution in [1.29, 1.82) is 0 Å². The molecule has 126 valence electrons. The molecule has 0 bridgehead atoms. The Kier molecular flexibility index (Phi) is 4.80. The molecule has 0 saturated heterocycles. The number of aryl methyl sites for hydroxylation is 1. The van der Waals surface area contributed by atoms with Gasteiger partial charge in [-0.05, 0) is 26.0 Å². The van der Waals surface area contributed by atoms with E-state index in [2.05, 4.69) is 40.7 Å². The molecule has 25 heavy (non-hydrogen) atoms. The van der Waals surface area contributed by atoms with Crippen LogP contribution >= 0.6 is 0 Å². The average molecular weight is 331 g/mol. The molecule has 2 aromatic carbocycles. The molecule has 1 N–H and O–H groups in total. The maximum absolute atomic E-state index is 11.9. The van der Waals surface area contributed by atoms with Gasteiger partial charge in [-0.1, -0.05) is 55.1 Å². The van der Waals surface area contributed by atoms with Gasteiger partial charge in [-0.2, -0.15) is 0 Å². The van der Waals surface area contributed by atoms with Crippen molar-refractivity contribution in [3.63, 3.8) is 0 Å². The summed E-state index contributed by atoms with van der Waals surface area (Å²) in [6.07, 6.45) is 0. The lowest BCUT2D eigenvalue weighted by Gasteiger charge is -2.12. The molecule has 3 aromatic rings. The molecule has 4 heteroatoms. The predicted molar refractivity (Wildman–Crippen MR) is 100 cm³/mol. The summed E-state index contributed by atoms with van der Waals surface area (Å²) in [7, 11) is 0. The molecule has 4 nitrogen and oxygen atoms in total. The minimum absolute atomic E-state index is 0.161. The molecule has 0 unspecified atom stereocenters. The molecule has 1 aromatic heterocycles. The molecule has 0 saturated carbocycles. The van der Waals surface area contributed by atoms with E-state index in [9.17, 15) is 4.79 Å². The summed E-state index contributed by atoms with van der Waals surface area (Å²) in [6, 6.07) is 20.2. The molecule has 3 rings (SSSR count). The number of para-hydroxylation sites is 1. The number of imidazole rings is 1. The monoisotopic (exact) mass is 331 g/mol. The largest absolute Gasteiger partial charge is 0.347 e. The molecule has 0 aliphatic heterocycles. The number of amides is 1. The Hall–Kier alpha value is -3.14. The lowest BCUT2D eigenvalue weighted by atomic mass is 10.1. The second-order valence-electron chi connectivity index (χ2n) is 5.95. The Morgan fingerprint density at radius 1 is 1.08 bits per heavy atom. The van der Waals surface area contributed by atoms with Gasteiger partial charge in [0.15, 0.2) is 0 Å². The molecule has 1 amide bonds. The van der Waals surface area contributed by atoms with Crippen LogP contribution in [0.3, 0.4) is 0 Å². The van der Waals surface area contributed by atoms with Gasteiger partial charge in [-0.15, -0.1) is 0 Å². The van der Waals surface area contributed by atoms with Crippen LogP contribution in [-0.4, -0.2) is 15.5 Å². The zero-order valence-electron chi connectivity index (χ0n) is 14.5. The van der Waals surface area contributed by atoms with Crippen molar-refractivity contribution >= 4 is 5.91 Å². The van der Waals surface area contributed by atoms with E-state index in [0.717, 1.165) is 28.5 Å². The van der Waals surface area contributed by atoms with E-state index in [1.54, 1.807) is 6.92 Å². The van der Waals surface area contributed by atoms with Crippen molar-refractivity contribution in [3.05, 3.63) is 84.3 Å². The summed E-state index contributed by atoms with van der Waals surface area (Å²) < 4.78 is 2.12. The van der Waals surface area contributed by atoms with Crippen LogP contribution < -0.4 is 5.32 Å². The summed E-state index contributed by atoms with van der Waals surface area (Å²) in [5.41, 5.74) is 4.42. The predicted octanol–water partition coefficient (Wildman–Crippen LogP) is 4.04. The highest BCUT2D eigenvalue weighted by Crippen LogP contribution is 2.28. The molecular weight excluding hydrogens is 310 g/mol. The topological polar surface area (TPSA) is 46.9 Å². The van der Waals surface area contributed by atoms with Gasteiger partial charge in [-0.3, -0.25) is 9.36 Å². The number of rotatable bonds is 5. The van der Waals surface area contributed by atoms with Gasteiger partial charge in [0.05, 0.1) is 17.9 Å². The first-order chi connectivity index (χ1) is 12.1. The van der Waals surface area contributed by atoms with E-state index in [1.165, 1.54) is 0 Å². The standard InChI is InChI=1S/C21H21N3O/c1-15(2)21(25)22-14-19-20(17-10-6-4-7-11-17)24(16(3)23-19)18-12-8-5-9-13-18/h4-13H,1,14H2,2-3H3,(H,22,25). The molecule has 0 aliphatic rings. The minimum atomic E-state index is -0.161. The zero-order chi connectivity index (χ0) is 17.8. The fraction of sp³-hybridized carbons (Fsp3) is 0.143. The van der Waals surface area contributed by atoms with E-state index in [1.807, 2.05) is 43.3 Å². The first kappa shape index (κ1) is 16.7. The van der Waals surface area contributed by atoms with Crippen LogP contribution in [0.2, 0.25) is 0 Å². The van der Waals surface area contributed by atoms with Crippen molar-refractivity contribution in [2.75, 3.05) is 0 Å². The van der Waals surface area contributed by atoms with Gasteiger partial charge < -0.3 is 5.32 Å². The number of aromatic nitrogens is 2. The van der Waals surface area contributed by atoms with Gasteiger partial charge in [0.1, 0.15) is 5.82 Å². The Morgan fingerprint density at radius 3 is 2.28 bits per heavy atom. The van der Waals surface area contributed by atoms with Gasteiger partial charge in [0.2, 0.25) is 5.91 Å². The van der Waals surface area contributed by atoms with Gasteiger partial charge in [-0.25, -0.2) is 4.98 Å². The summed E-state index contributed by atoms with van der Waals surface area (Å²) in [4.78, 5) is 16.6. The van der Waals surface area contributed by atoms with Crippen molar-refractivity contribution in [1.82, 2.24) is 14.9 Å². The third kappa shape index (κ3) is 3.53. The smallest absolute Gasteiger partial charge is 0.246 e. The van der Waals surface area contributed by atoms with Crippen LogP contribution in [0, 0.1) is 6.92 Å². The maximum atomic E-state index is 11.9. The third-order valence-corrected chi connectivity index (χ3v) is 3.98. The van der Waals surface area contributed by atoms with E-state index in [-0.39, 0.29) is 5.91 Å². The van der Waals surface area contributed by atoms with Crippen LogP contribution in [-0.2, 0) is 11.3 Å². The molecule has 0 aliphatic carbocycles. The quantitative estimate of drug-likeness (QED) is 0.717. The lowest BCUT2D eigenvalue weighted by Crippen LogP contribution is -2.23. The number of nitrogens with one attached hydrogen (secondary N) is 1.